The molecule has 150 valence electrons. The number of hydrogen-bond acceptors (Lipinski definition) is 0. The summed E-state index contributed by atoms with van der Waals surface area (Å²) in [7, 11) is 0. The maximum atomic E-state index is 2.78. The van der Waals surface area contributed by atoms with Gasteiger partial charge in [0.1, 0.15) is 0 Å². The average molecular weight is 359 g/mol. The van der Waals surface area contributed by atoms with E-state index in [4.69, 9.17) is 0 Å². The van der Waals surface area contributed by atoms with Gasteiger partial charge in [-0.05, 0) is 80.8 Å². The average Bonchev–Trinajstić information content (AvgIpc) is 2.63. The highest BCUT2D eigenvalue weighted by atomic mass is 14.9. The minimum atomic E-state index is 0.411. The molecule has 6 bridgehead atoms. The molecule has 5 aliphatic rings. The molecule has 5 aliphatic carbocycles. The van der Waals surface area contributed by atoms with E-state index in [1.54, 1.807) is 0 Å². The lowest BCUT2D eigenvalue weighted by Gasteiger charge is -2.64. The van der Waals surface area contributed by atoms with E-state index < -0.39 is 0 Å². The van der Waals surface area contributed by atoms with Crippen LogP contribution in [0.1, 0.15) is 89.5 Å². The van der Waals surface area contributed by atoms with Gasteiger partial charge in [0.2, 0.25) is 0 Å². The van der Waals surface area contributed by atoms with Gasteiger partial charge in [-0.2, -0.15) is 0 Å². The Bertz CT molecular complexity index is 630. The molecular weight excluding hydrogens is 312 g/mol. The second-order valence-corrected chi connectivity index (χ2v) is 13.1. The fourth-order valence-electron chi connectivity index (χ4n) is 11.9. The van der Waals surface area contributed by atoms with Crippen LogP contribution >= 0.6 is 0 Å². The Morgan fingerprint density at radius 1 is 0.731 bits per heavy atom. The van der Waals surface area contributed by atoms with Crippen molar-refractivity contribution in [1.29, 1.82) is 0 Å². The van der Waals surface area contributed by atoms with Crippen LogP contribution in [0, 0.1) is 74.4 Å². The molecule has 0 heteroatoms. The minimum Gasteiger partial charge on any atom is -0.0622 e. The predicted molar refractivity (Wildman–Crippen MR) is 113 cm³/mol. The topological polar surface area (TPSA) is 0 Å². The van der Waals surface area contributed by atoms with Crippen molar-refractivity contribution in [3.05, 3.63) is 0 Å². The van der Waals surface area contributed by atoms with Crippen molar-refractivity contribution in [2.75, 3.05) is 0 Å². The summed E-state index contributed by atoms with van der Waals surface area (Å²) in [6.45, 7) is 32.0. The number of rotatable bonds is 1. The smallest absolute Gasteiger partial charge is 0.0169 e. The first kappa shape index (κ1) is 19.3. The summed E-state index contributed by atoms with van der Waals surface area (Å²) in [6.07, 6.45) is 1.45. The molecule has 0 aromatic heterocycles. The normalized spacial score (nSPS) is 65.7. The van der Waals surface area contributed by atoms with Gasteiger partial charge in [0.25, 0.3) is 0 Å². The Balaban J connectivity index is 2.18. The Morgan fingerprint density at radius 2 is 1.27 bits per heavy atom. The van der Waals surface area contributed by atoms with E-state index in [1.807, 2.05) is 0 Å². The Morgan fingerprint density at radius 3 is 1.77 bits per heavy atom. The molecule has 11 atom stereocenters. The minimum absolute atomic E-state index is 0.411. The van der Waals surface area contributed by atoms with Crippen molar-refractivity contribution in [1.82, 2.24) is 0 Å². The van der Waals surface area contributed by atoms with Gasteiger partial charge in [0, 0.05) is 0 Å². The monoisotopic (exact) mass is 358 g/mol. The quantitative estimate of drug-likeness (QED) is 0.454. The number of hydrogen-bond donors (Lipinski definition) is 0. The fraction of sp³-hybridized carbons (Fsp3) is 1.00. The van der Waals surface area contributed by atoms with Crippen molar-refractivity contribution in [3.63, 3.8) is 0 Å². The van der Waals surface area contributed by atoms with Gasteiger partial charge in [-0.3, -0.25) is 0 Å². The molecule has 0 nitrogen and oxygen atoms in total. The molecule has 5 saturated carbocycles. The van der Waals surface area contributed by atoms with Crippen molar-refractivity contribution in [3.8, 4) is 0 Å². The molecule has 0 amide bonds. The van der Waals surface area contributed by atoms with Crippen LogP contribution in [0.25, 0.3) is 0 Å². The fourth-order valence-corrected chi connectivity index (χ4v) is 11.9. The largest absolute Gasteiger partial charge is 0.0622 e. The molecule has 0 heterocycles. The standard InChI is InChI=1S/C26H46/c1-14(2)23(9)17(5)19-15(3)13-16(4)21-24(10)20(19)18(6)25(11,22(24,7)8)26(21,23)12/h14-21H,13H2,1-12H3. The second kappa shape index (κ2) is 4.76. The third-order valence-electron chi connectivity index (χ3n) is 13.4. The SMILES string of the molecule is CC1CC(C)C2C3(C)C4C1C(C)C(C)(C(C)C)C2(C)C(C)(C4C)C3(C)C. The van der Waals surface area contributed by atoms with Crippen molar-refractivity contribution in [2.24, 2.45) is 74.4 Å². The van der Waals surface area contributed by atoms with Crippen molar-refractivity contribution >= 4 is 0 Å². The molecule has 0 N–H and O–H groups in total. The lowest BCUT2D eigenvalue weighted by atomic mass is 9.40. The van der Waals surface area contributed by atoms with Gasteiger partial charge in [-0.15, -0.1) is 0 Å². The van der Waals surface area contributed by atoms with Crippen LogP contribution < -0.4 is 0 Å². The van der Waals surface area contributed by atoms with Crippen molar-refractivity contribution in [2.45, 2.75) is 89.5 Å². The Labute approximate surface area is 164 Å². The highest BCUT2D eigenvalue weighted by Crippen LogP contribution is 2.93. The summed E-state index contributed by atoms with van der Waals surface area (Å²) in [5, 5.41) is 0. The van der Waals surface area contributed by atoms with Crippen LogP contribution in [-0.4, -0.2) is 0 Å². The summed E-state index contributed by atoms with van der Waals surface area (Å²) < 4.78 is 0. The molecule has 0 saturated heterocycles. The zero-order valence-corrected chi connectivity index (χ0v) is 19.8. The first-order valence-electron chi connectivity index (χ1n) is 11.7. The third kappa shape index (κ3) is 1.38. The van der Waals surface area contributed by atoms with Gasteiger partial charge in [-0.25, -0.2) is 0 Å². The summed E-state index contributed by atoms with van der Waals surface area (Å²) in [6, 6.07) is 0. The maximum Gasteiger partial charge on any atom is -0.0169 e. The van der Waals surface area contributed by atoms with E-state index in [-0.39, 0.29) is 0 Å². The molecule has 0 spiro atoms. The summed E-state index contributed by atoms with van der Waals surface area (Å²) in [4.78, 5) is 0. The first-order valence-corrected chi connectivity index (χ1v) is 11.7. The van der Waals surface area contributed by atoms with Crippen LogP contribution in [-0.2, 0) is 0 Å². The molecule has 5 fully saturated rings. The highest BCUT2D eigenvalue weighted by Gasteiger charge is 2.89. The van der Waals surface area contributed by atoms with Gasteiger partial charge < -0.3 is 0 Å². The summed E-state index contributed by atoms with van der Waals surface area (Å²) in [5.74, 6) is 6.78. The molecule has 26 heavy (non-hydrogen) atoms. The molecule has 5 rings (SSSR count). The summed E-state index contributed by atoms with van der Waals surface area (Å²) in [5.41, 5.74) is 2.14. The number of fused-ring (bicyclic) bond motifs is 1. The van der Waals surface area contributed by atoms with Crippen LogP contribution in [0.5, 0.6) is 0 Å². The molecular formula is C26H46. The van der Waals surface area contributed by atoms with Crippen LogP contribution in [0.15, 0.2) is 0 Å². The van der Waals surface area contributed by atoms with E-state index in [9.17, 15) is 0 Å². The van der Waals surface area contributed by atoms with E-state index in [2.05, 4.69) is 83.1 Å². The van der Waals surface area contributed by atoms with E-state index in [0.29, 0.717) is 27.1 Å². The molecule has 0 aromatic rings. The molecule has 0 aromatic carbocycles. The van der Waals surface area contributed by atoms with Gasteiger partial charge in [-0.1, -0.05) is 83.1 Å². The van der Waals surface area contributed by atoms with Crippen LogP contribution in [0.2, 0.25) is 0 Å². The summed E-state index contributed by atoms with van der Waals surface area (Å²) >= 11 is 0. The Kier molecular flexibility index (Phi) is 3.54. The van der Waals surface area contributed by atoms with Gasteiger partial charge in [0.05, 0.1) is 0 Å². The van der Waals surface area contributed by atoms with Gasteiger partial charge >= 0.3 is 0 Å². The molecule has 0 radical (unpaired) electrons. The van der Waals surface area contributed by atoms with Crippen LogP contribution in [0.4, 0.5) is 0 Å². The molecule has 11 unspecified atom stereocenters. The Hall–Kier alpha value is 0. The van der Waals surface area contributed by atoms with Crippen molar-refractivity contribution < 1.29 is 0 Å². The highest BCUT2D eigenvalue weighted by molar-refractivity contribution is 5.35. The lowest BCUT2D eigenvalue weighted by Crippen LogP contribution is -2.60. The zero-order valence-electron chi connectivity index (χ0n) is 19.8. The van der Waals surface area contributed by atoms with E-state index >= 15 is 0 Å². The van der Waals surface area contributed by atoms with E-state index in [1.165, 1.54) is 6.42 Å². The second-order valence-electron chi connectivity index (χ2n) is 13.1. The lowest BCUT2D eigenvalue weighted by molar-refractivity contribution is -0.174. The maximum absolute atomic E-state index is 2.78. The third-order valence-corrected chi connectivity index (χ3v) is 13.4. The van der Waals surface area contributed by atoms with Crippen LogP contribution in [0.3, 0.4) is 0 Å². The molecule has 0 aliphatic heterocycles. The first-order chi connectivity index (χ1) is 11.7. The van der Waals surface area contributed by atoms with Gasteiger partial charge in [0.15, 0.2) is 0 Å². The zero-order chi connectivity index (χ0) is 19.8. The predicted octanol–water partition coefficient (Wildman–Crippen LogP) is 7.53. The van der Waals surface area contributed by atoms with E-state index in [0.717, 1.165) is 47.3 Å².